The normalized spacial score (nSPS) is 12.3. The number of nitrogens with one attached hydrogen (secondary N) is 2. The fourth-order valence-corrected chi connectivity index (χ4v) is 2.76. The number of anilines is 1. The van der Waals surface area contributed by atoms with Gasteiger partial charge in [0.25, 0.3) is 0 Å². The van der Waals surface area contributed by atoms with Crippen LogP contribution < -0.4 is 10.6 Å². The van der Waals surface area contributed by atoms with Crippen LogP contribution in [-0.2, 0) is 0 Å². The predicted octanol–water partition coefficient (Wildman–Crippen LogP) is 4.10. The zero-order chi connectivity index (χ0) is 16.5. The molecule has 3 nitrogen and oxygen atoms in total. The van der Waals surface area contributed by atoms with Crippen molar-refractivity contribution in [2.75, 3.05) is 25.0 Å². The number of aryl methyl sites for hydroxylation is 2. The van der Waals surface area contributed by atoms with Gasteiger partial charge in [0.05, 0.1) is 0 Å². The molecule has 2 N–H and O–H groups in total. The molecule has 1 atom stereocenters. The van der Waals surface area contributed by atoms with Crippen LogP contribution in [0.1, 0.15) is 44.7 Å². The van der Waals surface area contributed by atoms with Gasteiger partial charge >= 0.3 is 0 Å². The Labute approximate surface area is 141 Å². The summed E-state index contributed by atoms with van der Waals surface area (Å²) in [5, 5.41) is 7.35. The van der Waals surface area contributed by atoms with Crippen molar-refractivity contribution in [3.63, 3.8) is 0 Å². The summed E-state index contributed by atoms with van der Waals surface area (Å²) in [7, 11) is 0. The van der Waals surface area contributed by atoms with Gasteiger partial charge in [0.2, 0.25) is 0 Å². The molecule has 0 spiro atoms. The van der Waals surface area contributed by atoms with Crippen LogP contribution in [0.4, 0.5) is 5.69 Å². The van der Waals surface area contributed by atoms with E-state index in [9.17, 15) is 0 Å². The van der Waals surface area contributed by atoms with Crippen LogP contribution in [0.5, 0.6) is 0 Å². The summed E-state index contributed by atoms with van der Waals surface area (Å²) in [6.45, 7) is 14.3. The van der Waals surface area contributed by atoms with E-state index >= 15 is 0 Å². The number of rotatable bonds is 8. The van der Waals surface area contributed by atoms with E-state index < -0.39 is 0 Å². The van der Waals surface area contributed by atoms with E-state index in [-0.39, 0.29) is 0 Å². The topological polar surface area (TPSA) is 27.3 Å². The van der Waals surface area contributed by atoms with Crippen molar-refractivity contribution < 1.29 is 0 Å². The Morgan fingerprint density at radius 2 is 1.86 bits per heavy atom. The minimum atomic E-state index is 0.391. The van der Waals surface area contributed by atoms with E-state index in [2.05, 4.69) is 68.4 Å². The molecule has 0 aliphatic heterocycles. The van der Waals surface area contributed by atoms with Crippen LogP contribution >= 0.6 is 12.2 Å². The Bertz CT molecular complexity index is 469. The molecule has 0 saturated heterocycles. The van der Waals surface area contributed by atoms with Crippen LogP contribution in [-0.4, -0.2) is 35.7 Å². The van der Waals surface area contributed by atoms with Gasteiger partial charge in [-0.25, -0.2) is 0 Å². The maximum absolute atomic E-state index is 5.40. The zero-order valence-corrected chi connectivity index (χ0v) is 15.5. The third-order valence-corrected chi connectivity index (χ3v) is 4.37. The van der Waals surface area contributed by atoms with Gasteiger partial charge < -0.3 is 15.5 Å². The highest BCUT2D eigenvalue weighted by atomic mass is 32.1. The van der Waals surface area contributed by atoms with Crippen molar-refractivity contribution in [2.24, 2.45) is 0 Å². The minimum absolute atomic E-state index is 0.391. The molecule has 0 aliphatic rings. The van der Waals surface area contributed by atoms with Gasteiger partial charge in [0, 0.05) is 11.7 Å². The van der Waals surface area contributed by atoms with E-state index in [0.29, 0.717) is 11.2 Å². The summed E-state index contributed by atoms with van der Waals surface area (Å²) in [5.74, 6) is 0. The molecule has 4 heteroatoms. The SMILES string of the molecule is CCN(CC)CCCC(C)NC(=S)Nc1ccc(C)c(C)c1. The molecule has 0 aliphatic carbocycles. The second-order valence-corrected chi connectivity index (χ2v) is 6.38. The number of thiocarbonyl (C=S) groups is 1. The second kappa shape index (κ2) is 9.80. The number of benzene rings is 1. The molecule has 1 aromatic carbocycles. The van der Waals surface area contributed by atoms with Crippen molar-refractivity contribution in [1.82, 2.24) is 10.2 Å². The summed E-state index contributed by atoms with van der Waals surface area (Å²) in [5.41, 5.74) is 3.63. The molecule has 0 radical (unpaired) electrons. The van der Waals surface area contributed by atoms with Gasteiger partial charge in [-0.1, -0.05) is 19.9 Å². The molecule has 0 amide bonds. The minimum Gasteiger partial charge on any atom is -0.360 e. The molecular formula is C18H31N3S. The standard InChI is InChI=1S/C18H31N3S/c1-6-21(7-2)12-8-9-16(5)19-18(22)20-17-11-10-14(3)15(4)13-17/h10-11,13,16H,6-9,12H2,1-5H3,(H2,19,20,22). The van der Waals surface area contributed by atoms with E-state index in [1.165, 1.54) is 17.5 Å². The molecule has 1 rings (SSSR count). The fourth-order valence-electron chi connectivity index (χ4n) is 2.44. The van der Waals surface area contributed by atoms with Crippen LogP contribution in [0.25, 0.3) is 0 Å². The van der Waals surface area contributed by atoms with Gasteiger partial charge in [-0.3, -0.25) is 0 Å². The molecule has 124 valence electrons. The van der Waals surface area contributed by atoms with Crippen LogP contribution in [0.15, 0.2) is 18.2 Å². The van der Waals surface area contributed by atoms with Crippen LogP contribution in [0.2, 0.25) is 0 Å². The van der Waals surface area contributed by atoms with Crippen LogP contribution in [0.3, 0.4) is 0 Å². The van der Waals surface area contributed by atoms with Crippen molar-refractivity contribution in [2.45, 2.75) is 53.5 Å². The average molecular weight is 322 g/mol. The molecule has 0 saturated carbocycles. The number of hydrogen-bond donors (Lipinski definition) is 2. The van der Waals surface area contributed by atoms with Crippen LogP contribution in [0, 0.1) is 13.8 Å². The maximum Gasteiger partial charge on any atom is 0.170 e. The molecular weight excluding hydrogens is 290 g/mol. The highest BCUT2D eigenvalue weighted by Gasteiger charge is 2.06. The van der Waals surface area contributed by atoms with Gasteiger partial charge in [-0.2, -0.15) is 0 Å². The summed E-state index contributed by atoms with van der Waals surface area (Å²) < 4.78 is 0. The predicted molar refractivity (Wildman–Crippen MR) is 102 cm³/mol. The first kappa shape index (κ1) is 18.9. The Morgan fingerprint density at radius 1 is 1.18 bits per heavy atom. The Morgan fingerprint density at radius 3 is 2.45 bits per heavy atom. The quantitative estimate of drug-likeness (QED) is 0.705. The average Bonchev–Trinajstić information content (AvgIpc) is 2.47. The molecule has 0 heterocycles. The van der Waals surface area contributed by atoms with Crippen molar-refractivity contribution in [1.29, 1.82) is 0 Å². The van der Waals surface area contributed by atoms with Crippen molar-refractivity contribution in [3.8, 4) is 0 Å². The second-order valence-electron chi connectivity index (χ2n) is 5.97. The largest absolute Gasteiger partial charge is 0.360 e. The lowest BCUT2D eigenvalue weighted by atomic mass is 10.1. The third kappa shape index (κ3) is 6.75. The smallest absolute Gasteiger partial charge is 0.170 e. The van der Waals surface area contributed by atoms with Crippen molar-refractivity contribution >= 4 is 23.0 Å². The highest BCUT2D eigenvalue weighted by molar-refractivity contribution is 7.80. The maximum atomic E-state index is 5.40. The van der Waals surface area contributed by atoms with Gasteiger partial charge in [0.15, 0.2) is 5.11 Å². The summed E-state index contributed by atoms with van der Waals surface area (Å²) >= 11 is 5.40. The van der Waals surface area contributed by atoms with E-state index in [1.807, 2.05) is 0 Å². The lowest BCUT2D eigenvalue weighted by molar-refractivity contribution is 0.293. The third-order valence-electron chi connectivity index (χ3n) is 4.15. The molecule has 0 aromatic heterocycles. The fraction of sp³-hybridized carbons (Fsp3) is 0.611. The number of hydrogen-bond acceptors (Lipinski definition) is 2. The van der Waals surface area contributed by atoms with E-state index in [1.54, 1.807) is 0 Å². The molecule has 0 bridgehead atoms. The molecule has 0 fully saturated rings. The Kier molecular flexibility index (Phi) is 8.43. The Hall–Kier alpha value is -1.13. The monoisotopic (exact) mass is 321 g/mol. The first-order valence-corrected chi connectivity index (χ1v) is 8.74. The first-order valence-electron chi connectivity index (χ1n) is 8.33. The van der Waals surface area contributed by atoms with E-state index in [0.717, 1.165) is 31.7 Å². The number of nitrogens with zero attached hydrogens (tertiary/aromatic N) is 1. The summed E-state index contributed by atoms with van der Waals surface area (Å²) in [6, 6.07) is 6.71. The van der Waals surface area contributed by atoms with Crippen molar-refractivity contribution in [3.05, 3.63) is 29.3 Å². The van der Waals surface area contributed by atoms with Gasteiger partial charge in [-0.15, -0.1) is 0 Å². The lowest BCUT2D eigenvalue weighted by Gasteiger charge is -2.21. The van der Waals surface area contributed by atoms with Gasteiger partial charge in [-0.05, 0) is 88.7 Å². The molecule has 1 aromatic rings. The summed E-state index contributed by atoms with van der Waals surface area (Å²) in [6.07, 6.45) is 2.33. The lowest BCUT2D eigenvalue weighted by Crippen LogP contribution is -2.36. The first-order chi connectivity index (χ1) is 10.5. The van der Waals surface area contributed by atoms with Gasteiger partial charge in [0.1, 0.15) is 0 Å². The van der Waals surface area contributed by atoms with E-state index in [4.69, 9.17) is 12.2 Å². The summed E-state index contributed by atoms with van der Waals surface area (Å²) in [4.78, 5) is 2.46. The highest BCUT2D eigenvalue weighted by Crippen LogP contribution is 2.14. The zero-order valence-electron chi connectivity index (χ0n) is 14.7. The molecule has 1 unspecified atom stereocenters. The molecule has 22 heavy (non-hydrogen) atoms. The Balaban J connectivity index is 2.33.